The molecule has 38 heavy (non-hydrogen) atoms. The van der Waals surface area contributed by atoms with E-state index in [0.717, 1.165) is 12.1 Å². The number of amides is 2. The summed E-state index contributed by atoms with van der Waals surface area (Å²) in [5, 5.41) is 5.66. The second-order valence-corrected chi connectivity index (χ2v) is 8.79. The van der Waals surface area contributed by atoms with Gasteiger partial charge < -0.3 is 15.4 Å². The minimum absolute atomic E-state index is 0.0280. The molecule has 0 saturated carbocycles. The van der Waals surface area contributed by atoms with Gasteiger partial charge in [-0.05, 0) is 48.5 Å². The second-order valence-electron chi connectivity index (χ2n) is 8.39. The molecule has 0 fully saturated rings. The average molecular weight is 548 g/mol. The number of rotatable bonds is 4. The number of fused-ring (bicyclic) bond motifs is 3. The molecule has 0 bridgehead atoms. The first-order chi connectivity index (χ1) is 18.0. The van der Waals surface area contributed by atoms with Crippen molar-refractivity contribution in [3.05, 3.63) is 99.1 Å². The Morgan fingerprint density at radius 1 is 1.05 bits per heavy atom. The number of hydrogen-bond donors (Lipinski definition) is 2. The third-order valence-electron chi connectivity index (χ3n) is 6.01. The van der Waals surface area contributed by atoms with Gasteiger partial charge in [0, 0.05) is 38.9 Å². The summed E-state index contributed by atoms with van der Waals surface area (Å²) in [4.78, 5) is 30.5. The van der Waals surface area contributed by atoms with Crippen LogP contribution in [0.4, 0.5) is 27.6 Å². The predicted molar refractivity (Wildman–Crippen MR) is 128 cm³/mol. The van der Waals surface area contributed by atoms with Gasteiger partial charge in [0.25, 0.3) is 11.8 Å². The lowest BCUT2D eigenvalue weighted by Crippen LogP contribution is -2.21. The van der Waals surface area contributed by atoms with Crippen molar-refractivity contribution in [2.45, 2.75) is 12.2 Å². The van der Waals surface area contributed by atoms with Gasteiger partial charge in [0.05, 0.1) is 29.8 Å². The normalized spacial score (nSPS) is 14.8. The summed E-state index contributed by atoms with van der Waals surface area (Å²) in [6, 6.07) is 8.42. The zero-order valence-electron chi connectivity index (χ0n) is 19.2. The number of alkyl halides is 3. The van der Waals surface area contributed by atoms with Crippen LogP contribution in [-0.2, 0) is 6.18 Å². The van der Waals surface area contributed by atoms with Crippen LogP contribution in [-0.4, -0.2) is 23.9 Å². The highest BCUT2D eigenvalue weighted by Gasteiger charge is 2.37. The number of halogens is 6. The van der Waals surface area contributed by atoms with Crippen LogP contribution in [0, 0.1) is 11.6 Å². The van der Waals surface area contributed by atoms with Gasteiger partial charge in [0.15, 0.2) is 0 Å². The van der Waals surface area contributed by atoms with Gasteiger partial charge in [0.1, 0.15) is 11.6 Å². The fourth-order valence-corrected chi connectivity index (χ4v) is 4.58. The molecule has 1 unspecified atom stereocenters. The van der Waals surface area contributed by atoms with Crippen molar-refractivity contribution >= 4 is 40.0 Å². The van der Waals surface area contributed by atoms with Gasteiger partial charge in [-0.25, -0.2) is 13.8 Å². The maximum absolute atomic E-state index is 14.1. The topological polar surface area (TPSA) is 80.3 Å². The van der Waals surface area contributed by atoms with Crippen molar-refractivity contribution in [3.8, 4) is 5.88 Å². The van der Waals surface area contributed by atoms with E-state index >= 15 is 0 Å². The van der Waals surface area contributed by atoms with Crippen LogP contribution >= 0.6 is 11.6 Å². The molecule has 0 spiro atoms. The Labute approximate surface area is 216 Å². The fraction of sp³-hybridized carbons (Fsp3) is 0.115. The molecule has 0 saturated heterocycles. The fourth-order valence-electron chi connectivity index (χ4n) is 4.36. The molecule has 6 nitrogen and oxygen atoms in total. The minimum Gasteiger partial charge on any atom is -0.481 e. The first-order valence-electron chi connectivity index (χ1n) is 10.9. The lowest BCUT2D eigenvalue weighted by Gasteiger charge is -2.19. The number of nitrogens with one attached hydrogen (secondary N) is 2. The smallest absolute Gasteiger partial charge is 0.416 e. The molecule has 0 radical (unpaired) electrons. The number of anilines is 1. The van der Waals surface area contributed by atoms with Gasteiger partial charge in [-0.2, -0.15) is 13.2 Å². The molecule has 12 heteroatoms. The number of hydrogen-bond acceptors (Lipinski definition) is 4. The monoisotopic (exact) mass is 547 g/mol. The molecule has 1 aliphatic rings. The van der Waals surface area contributed by atoms with Gasteiger partial charge in [0.2, 0.25) is 5.88 Å². The molecule has 2 heterocycles. The Morgan fingerprint density at radius 3 is 2.53 bits per heavy atom. The maximum atomic E-state index is 14.1. The number of aromatic nitrogens is 1. The largest absolute Gasteiger partial charge is 0.481 e. The molecule has 4 aromatic rings. The molecule has 5 rings (SSSR count). The number of carbonyl (C=O) groups is 2. The summed E-state index contributed by atoms with van der Waals surface area (Å²) in [6.07, 6.45) is -4.89. The first kappa shape index (κ1) is 25.4. The number of methoxy groups -OCH3 is 1. The van der Waals surface area contributed by atoms with E-state index < -0.39 is 46.8 Å². The van der Waals surface area contributed by atoms with E-state index in [-0.39, 0.29) is 44.9 Å². The molecule has 2 N–H and O–H groups in total. The van der Waals surface area contributed by atoms with Crippen molar-refractivity contribution in [2.75, 3.05) is 12.4 Å². The van der Waals surface area contributed by atoms with E-state index in [1.165, 1.54) is 25.3 Å². The molecule has 3 aromatic carbocycles. The van der Waals surface area contributed by atoms with Crippen LogP contribution in [0.2, 0.25) is 5.02 Å². The lowest BCUT2D eigenvalue weighted by molar-refractivity contribution is -0.137. The third kappa shape index (κ3) is 4.49. The van der Waals surface area contributed by atoms with Crippen molar-refractivity contribution < 1.29 is 36.3 Å². The summed E-state index contributed by atoms with van der Waals surface area (Å²) in [5.74, 6) is -3.37. The Kier molecular flexibility index (Phi) is 6.18. The van der Waals surface area contributed by atoms with Crippen molar-refractivity contribution in [3.63, 3.8) is 0 Å². The second kappa shape index (κ2) is 9.25. The van der Waals surface area contributed by atoms with Gasteiger partial charge in [-0.3, -0.25) is 9.59 Å². The van der Waals surface area contributed by atoms with Crippen LogP contribution < -0.4 is 15.4 Å². The molecule has 1 aromatic heterocycles. The Balaban J connectivity index is 1.70. The van der Waals surface area contributed by atoms with Crippen molar-refractivity contribution in [1.29, 1.82) is 0 Å². The molecule has 1 aliphatic heterocycles. The van der Waals surface area contributed by atoms with Gasteiger partial charge in [-0.15, -0.1) is 0 Å². The molecular formula is C26H15ClF5N3O3. The van der Waals surface area contributed by atoms with Gasteiger partial charge >= 0.3 is 6.18 Å². The van der Waals surface area contributed by atoms with E-state index in [0.29, 0.717) is 17.5 Å². The number of benzene rings is 3. The van der Waals surface area contributed by atoms with Crippen LogP contribution in [0.15, 0.2) is 54.6 Å². The van der Waals surface area contributed by atoms with Crippen molar-refractivity contribution in [2.24, 2.45) is 0 Å². The number of nitrogens with zero attached hydrogens (tertiary/aromatic N) is 1. The molecular weight excluding hydrogens is 533 g/mol. The third-order valence-corrected chi connectivity index (χ3v) is 6.36. The van der Waals surface area contributed by atoms with Gasteiger partial charge in [-0.1, -0.05) is 11.6 Å². The number of carbonyl (C=O) groups excluding carboxylic acids is 2. The summed E-state index contributed by atoms with van der Waals surface area (Å²) in [7, 11) is 1.38. The highest BCUT2D eigenvalue weighted by molar-refractivity contribution is 6.31. The van der Waals surface area contributed by atoms with Crippen LogP contribution in [0.25, 0.3) is 10.9 Å². The summed E-state index contributed by atoms with van der Waals surface area (Å²) in [5.41, 5.74) is -1.31. The highest BCUT2D eigenvalue weighted by Crippen LogP contribution is 2.43. The average Bonchev–Trinajstić information content (AvgIpc) is 3.21. The Hall–Kier alpha value is -4.25. The van der Waals surface area contributed by atoms with E-state index in [1.54, 1.807) is 6.07 Å². The quantitative estimate of drug-likeness (QED) is 0.295. The molecule has 1 atom stereocenters. The van der Waals surface area contributed by atoms with Crippen LogP contribution in [0.5, 0.6) is 5.88 Å². The van der Waals surface area contributed by atoms with Crippen LogP contribution in [0.3, 0.4) is 0 Å². The molecule has 2 amide bonds. The lowest BCUT2D eigenvalue weighted by atomic mass is 9.93. The Morgan fingerprint density at radius 2 is 1.82 bits per heavy atom. The predicted octanol–water partition coefficient (Wildman–Crippen LogP) is 6.28. The highest BCUT2D eigenvalue weighted by atomic mass is 35.5. The number of pyridine rings is 1. The zero-order valence-corrected chi connectivity index (χ0v) is 20.0. The zero-order chi connectivity index (χ0) is 27.4. The summed E-state index contributed by atoms with van der Waals surface area (Å²) < 4.78 is 72.9. The molecule has 194 valence electrons. The Bertz CT molecular complexity index is 1640. The van der Waals surface area contributed by atoms with E-state index in [1.807, 2.05) is 0 Å². The van der Waals surface area contributed by atoms with E-state index in [9.17, 15) is 31.5 Å². The first-order valence-corrected chi connectivity index (χ1v) is 11.3. The number of ether oxygens (including phenoxy) is 1. The van der Waals surface area contributed by atoms with E-state index in [4.69, 9.17) is 16.3 Å². The summed E-state index contributed by atoms with van der Waals surface area (Å²) >= 11 is 6.30. The summed E-state index contributed by atoms with van der Waals surface area (Å²) in [6.45, 7) is 0. The standard InChI is InChI=1S/C26H15ClF5N3O3/c1-38-20-5-3-15-18(33-20)10-19(34-24(36)11-6-12(26(30,31)32)8-14(29)7-11)22-21(15)25(37)35-23(22)16-9-13(28)2-4-17(16)27/h2-10,23H,1H3,(H,34,36)(H,35,37). The van der Waals surface area contributed by atoms with Crippen LogP contribution in [0.1, 0.15) is 43.4 Å². The SMILES string of the molecule is COc1ccc2c3c(c(NC(=O)c4cc(F)cc(C(F)(F)F)c4)cc2n1)C(c1cc(F)ccc1Cl)NC3=O. The van der Waals surface area contributed by atoms with E-state index in [2.05, 4.69) is 15.6 Å². The minimum atomic E-state index is -4.89. The molecule has 0 aliphatic carbocycles. The van der Waals surface area contributed by atoms with Crippen molar-refractivity contribution in [1.82, 2.24) is 10.3 Å². The maximum Gasteiger partial charge on any atom is 0.416 e.